The standard InChI is InChI=1S/C17H13Cl2F2N5O/c18-11-4-1-3-10(12(11)19)17(5-2-6-17)24-16-22-7-9(8-23-16)14-25-26-15(27-14)13(20)21/h1,3-4,7-8,13H,2,5-6H2,(H,22,23,24). The van der Waals surface area contributed by atoms with E-state index >= 15 is 0 Å². The largest absolute Gasteiger partial charge is 0.415 e. The molecular weight excluding hydrogens is 399 g/mol. The molecule has 3 aromatic rings. The Morgan fingerprint density at radius 3 is 2.44 bits per heavy atom. The zero-order valence-corrected chi connectivity index (χ0v) is 15.3. The first-order valence-electron chi connectivity index (χ1n) is 8.15. The summed E-state index contributed by atoms with van der Waals surface area (Å²) in [4.78, 5) is 8.48. The van der Waals surface area contributed by atoms with Crippen molar-refractivity contribution in [1.29, 1.82) is 0 Å². The molecule has 0 radical (unpaired) electrons. The first-order valence-corrected chi connectivity index (χ1v) is 8.91. The van der Waals surface area contributed by atoms with E-state index < -0.39 is 17.9 Å². The van der Waals surface area contributed by atoms with Crippen molar-refractivity contribution in [2.24, 2.45) is 0 Å². The van der Waals surface area contributed by atoms with Crippen molar-refractivity contribution in [3.63, 3.8) is 0 Å². The lowest BCUT2D eigenvalue weighted by molar-refractivity contribution is 0.116. The Kier molecular flexibility index (Phi) is 4.69. The summed E-state index contributed by atoms with van der Waals surface area (Å²) < 4.78 is 30.0. The number of benzene rings is 1. The summed E-state index contributed by atoms with van der Waals surface area (Å²) in [5, 5.41) is 11.2. The fraction of sp³-hybridized carbons (Fsp3) is 0.294. The highest BCUT2D eigenvalue weighted by atomic mass is 35.5. The fourth-order valence-electron chi connectivity index (χ4n) is 3.02. The summed E-state index contributed by atoms with van der Waals surface area (Å²) in [6.45, 7) is 0. The molecule has 0 aliphatic heterocycles. The third kappa shape index (κ3) is 3.35. The Labute approximate surface area is 162 Å². The highest BCUT2D eigenvalue weighted by molar-refractivity contribution is 6.42. The van der Waals surface area contributed by atoms with Gasteiger partial charge in [0.05, 0.1) is 21.1 Å². The van der Waals surface area contributed by atoms with Gasteiger partial charge in [0.1, 0.15) is 0 Å². The van der Waals surface area contributed by atoms with Crippen LogP contribution in [0.25, 0.3) is 11.5 Å². The van der Waals surface area contributed by atoms with E-state index in [1.54, 1.807) is 6.07 Å². The zero-order valence-electron chi connectivity index (χ0n) is 13.8. The highest BCUT2D eigenvalue weighted by Gasteiger charge is 2.41. The van der Waals surface area contributed by atoms with Crippen LogP contribution in [0.4, 0.5) is 14.7 Å². The van der Waals surface area contributed by atoms with Crippen LogP contribution in [0.1, 0.15) is 37.1 Å². The van der Waals surface area contributed by atoms with Crippen LogP contribution in [0.15, 0.2) is 35.0 Å². The lowest BCUT2D eigenvalue weighted by Gasteiger charge is -2.43. The number of hydrogen-bond acceptors (Lipinski definition) is 6. The normalized spacial score (nSPS) is 15.6. The number of alkyl halides is 2. The Morgan fingerprint density at radius 2 is 1.85 bits per heavy atom. The van der Waals surface area contributed by atoms with E-state index in [4.69, 9.17) is 27.6 Å². The van der Waals surface area contributed by atoms with E-state index in [1.807, 2.05) is 12.1 Å². The number of anilines is 1. The van der Waals surface area contributed by atoms with Crippen LogP contribution in [-0.4, -0.2) is 20.2 Å². The molecule has 1 aromatic carbocycles. The minimum Gasteiger partial charge on any atom is -0.415 e. The van der Waals surface area contributed by atoms with Gasteiger partial charge in [0.15, 0.2) is 0 Å². The first-order chi connectivity index (χ1) is 13.0. The number of aromatic nitrogens is 4. The molecule has 0 unspecified atom stereocenters. The van der Waals surface area contributed by atoms with Gasteiger partial charge >= 0.3 is 6.43 Å². The molecule has 1 N–H and O–H groups in total. The topological polar surface area (TPSA) is 76.7 Å². The lowest BCUT2D eigenvalue weighted by Crippen LogP contribution is -2.42. The average Bonchev–Trinajstić information content (AvgIpc) is 3.12. The van der Waals surface area contributed by atoms with Gasteiger partial charge in [-0.3, -0.25) is 0 Å². The van der Waals surface area contributed by atoms with E-state index in [1.165, 1.54) is 12.4 Å². The molecule has 2 heterocycles. The zero-order chi connectivity index (χ0) is 19.0. The second-order valence-electron chi connectivity index (χ2n) is 6.20. The Balaban J connectivity index is 1.57. The van der Waals surface area contributed by atoms with E-state index in [-0.39, 0.29) is 5.89 Å². The molecule has 0 saturated heterocycles. The third-order valence-corrected chi connectivity index (χ3v) is 5.37. The smallest absolute Gasteiger partial charge is 0.314 e. The van der Waals surface area contributed by atoms with E-state index in [9.17, 15) is 8.78 Å². The van der Waals surface area contributed by atoms with Gasteiger partial charge in [0.25, 0.3) is 11.8 Å². The monoisotopic (exact) mass is 411 g/mol. The van der Waals surface area contributed by atoms with Crippen molar-refractivity contribution in [3.8, 4) is 11.5 Å². The average molecular weight is 412 g/mol. The molecule has 27 heavy (non-hydrogen) atoms. The summed E-state index contributed by atoms with van der Waals surface area (Å²) in [6.07, 6.45) is 2.80. The van der Waals surface area contributed by atoms with Crippen molar-refractivity contribution in [3.05, 3.63) is 52.1 Å². The minimum atomic E-state index is -2.82. The van der Waals surface area contributed by atoms with Gasteiger partial charge in [-0.25, -0.2) is 9.97 Å². The minimum absolute atomic E-state index is 0.0620. The van der Waals surface area contributed by atoms with Crippen LogP contribution in [0.5, 0.6) is 0 Å². The Morgan fingerprint density at radius 1 is 1.11 bits per heavy atom. The summed E-state index contributed by atoms with van der Waals surface area (Å²) in [5.74, 6) is -0.424. The number of rotatable bonds is 5. The lowest BCUT2D eigenvalue weighted by atomic mass is 9.72. The van der Waals surface area contributed by atoms with Crippen molar-refractivity contribution in [1.82, 2.24) is 20.2 Å². The SMILES string of the molecule is FC(F)c1nnc(-c2cnc(NC3(c4cccc(Cl)c4Cl)CCC3)nc2)o1. The van der Waals surface area contributed by atoms with Crippen molar-refractivity contribution < 1.29 is 13.2 Å². The number of nitrogens with one attached hydrogen (secondary N) is 1. The maximum atomic E-state index is 12.6. The Bertz CT molecular complexity index is 960. The maximum Gasteiger partial charge on any atom is 0.314 e. The third-order valence-electron chi connectivity index (χ3n) is 4.55. The molecule has 1 aliphatic carbocycles. The predicted molar refractivity (Wildman–Crippen MR) is 95.9 cm³/mol. The van der Waals surface area contributed by atoms with Crippen LogP contribution >= 0.6 is 23.2 Å². The molecule has 0 bridgehead atoms. The van der Waals surface area contributed by atoms with Gasteiger partial charge in [-0.1, -0.05) is 35.3 Å². The maximum absolute atomic E-state index is 12.6. The van der Waals surface area contributed by atoms with Gasteiger partial charge in [-0.15, -0.1) is 10.2 Å². The van der Waals surface area contributed by atoms with Gasteiger partial charge in [0.2, 0.25) is 5.95 Å². The molecule has 2 aromatic heterocycles. The molecular formula is C17H13Cl2F2N5O. The molecule has 4 rings (SSSR count). The van der Waals surface area contributed by atoms with E-state index in [0.29, 0.717) is 21.6 Å². The van der Waals surface area contributed by atoms with Crippen molar-refractivity contribution >= 4 is 29.2 Å². The molecule has 1 saturated carbocycles. The first kappa shape index (κ1) is 18.1. The van der Waals surface area contributed by atoms with Gasteiger partial charge in [0, 0.05) is 12.4 Å². The van der Waals surface area contributed by atoms with Crippen LogP contribution in [0.3, 0.4) is 0 Å². The van der Waals surface area contributed by atoms with Crippen molar-refractivity contribution in [2.75, 3.05) is 5.32 Å². The summed E-state index contributed by atoms with van der Waals surface area (Å²) in [5.41, 5.74) is 0.856. The van der Waals surface area contributed by atoms with Crippen LogP contribution < -0.4 is 5.32 Å². The quantitative estimate of drug-likeness (QED) is 0.616. The second kappa shape index (κ2) is 7.01. The number of hydrogen-bond donors (Lipinski definition) is 1. The molecule has 0 spiro atoms. The van der Waals surface area contributed by atoms with Crippen LogP contribution in [-0.2, 0) is 5.54 Å². The van der Waals surface area contributed by atoms with Gasteiger partial charge < -0.3 is 9.73 Å². The molecule has 1 fully saturated rings. The van der Waals surface area contributed by atoms with E-state index in [0.717, 1.165) is 24.8 Å². The molecule has 140 valence electrons. The van der Waals surface area contributed by atoms with Crippen LogP contribution in [0, 0.1) is 0 Å². The van der Waals surface area contributed by atoms with Gasteiger partial charge in [-0.05, 0) is 30.9 Å². The van der Waals surface area contributed by atoms with Crippen LogP contribution in [0.2, 0.25) is 10.0 Å². The molecule has 1 aliphatic rings. The molecule has 10 heteroatoms. The molecule has 0 amide bonds. The van der Waals surface area contributed by atoms with Gasteiger partial charge in [-0.2, -0.15) is 8.78 Å². The second-order valence-corrected chi connectivity index (χ2v) is 6.99. The summed E-state index contributed by atoms with van der Waals surface area (Å²) >= 11 is 12.5. The summed E-state index contributed by atoms with van der Waals surface area (Å²) in [6, 6.07) is 5.52. The predicted octanol–water partition coefficient (Wildman–Crippen LogP) is 5.26. The highest BCUT2D eigenvalue weighted by Crippen LogP contribution is 2.47. The fourth-order valence-corrected chi connectivity index (χ4v) is 3.50. The summed E-state index contributed by atoms with van der Waals surface area (Å²) in [7, 11) is 0. The number of nitrogens with zero attached hydrogens (tertiary/aromatic N) is 4. The van der Waals surface area contributed by atoms with E-state index in [2.05, 4.69) is 25.5 Å². The molecule has 6 nitrogen and oxygen atoms in total. The van der Waals surface area contributed by atoms with Crippen molar-refractivity contribution in [2.45, 2.75) is 31.2 Å². The molecule has 0 atom stereocenters. The Hall–Kier alpha value is -2.32. The number of halogens is 4.